The van der Waals surface area contributed by atoms with Gasteiger partial charge in [-0.1, -0.05) is 81.7 Å². The second kappa shape index (κ2) is 12.3. The maximum atomic E-state index is 15.1. The summed E-state index contributed by atoms with van der Waals surface area (Å²) in [6.45, 7) is 5.84. The van der Waals surface area contributed by atoms with Crippen molar-refractivity contribution in [3.05, 3.63) is 90.3 Å². The van der Waals surface area contributed by atoms with Crippen LogP contribution in [0, 0.1) is 23.4 Å². The number of hydrogen-bond donors (Lipinski definition) is 0. The van der Waals surface area contributed by atoms with E-state index in [1.165, 1.54) is 56.7 Å². The Labute approximate surface area is 213 Å². The zero-order valence-electron chi connectivity index (χ0n) is 21.0. The first-order chi connectivity index (χ1) is 17.5. The number of unbranched alkanes of at least 4 members (excludes halogenated alkanes) is 2. The van der Waals surface area contributed by atoms with E-state index in [1.807, 2.05) is 12.1 Å². The van der Waals surface area contributed by atoms with Gasteiger partial charge >= 0.3 is 0 Å². The summed E-state index contributed by atoms with van der Waals surface area (Å²) in [5, 5.41) is 0. The first kappa shape index (κ1) is 26.1. The molecule has 0 aromatic heterocycles. The van der Waals surface area contributed by atoms with E-state index in [0.29, 0.717) is 22.6 Å². The smallest absolute Gasteiger partial charge is 0.201 e. The van der Waals surface area contributed by atoms with E-state index in [2.05, 4.69) is 13.5 Å². The molecule has 1 aliphatic carbocycles. The Balaban J connectivity index is 1.44. The molecule has 0 N–H and O–H groups in total. The van der Waals surface area contributed by atoms with Crippen LogP contribution in [0.5, 0.6) is 5.75 Å². The molecule has 4 heteroatoms. The molecule has 1 saturated carbocycles. The molecular formula is C32H35F3O. The van der Waals surface area contributed by atoms with Gasteiger partial charge in [0.15, 0.2) is 11.6 Å². The number of halogens is 3. The van der Waals surface area contributed by atoms with Crippen LogP contribution in [0.15, 0.2) is 67.3 Å². The lowest BCUT2D eigenvalue weighted by Gasteiger charge is -2.29. The average molecular weight is 493 g/mol. The standard InChI is InChI=1S/C32H35F3O/c1-3-5-6-7-22-8-10-23(11-9-22)26-16-17-27(29(33)21-26)24-12-14-25(15-13-24)28-18-19-30(36-20-4-2)32(35)31(28)34/h4,12-19,21-23H,2-3,5-11,20H2,1H3. The minimum absolute atomic E-state index is 0.0923. The average Bonchev–Trinajstić information content (AvgIpc) is 2.90. The van der Waals surface area contributed by atoms with Gasteiger partial charge < -0.3 is 4.74 Å². The molecule has 0 radical (unpaired) electrons. The van der Waals surface area contributed by atoms with Crippen molar-refractivity contribution in [1.82, 2.24) is 0 Å². The highest BCUT2D eigenvalue weighted by atomic mass is 19.2. The van der Waals surface area contributed by atoms with Crippen molar-refractivity contribution in [2.45, 2.75) is 64.2 Å². The number of benzene rings is 3. The lowest BCUT2D eigenvalue weighted by atomic mass is 9.77. The molecule has 0 unspecified atom stereocenters. The van der Waals surface area contributed by atoms with Gasteiger partial charge in [-0.3, -0.25) is 0 Å². The van der Waals surface area contributed by atoms with Gasteiger partial charge in [-0.05, 0) is 72.4 Å². The van der Waals surface area contributed by atoms with Crippen LogP contribution in [0.3, 0.4) is 0 Å². The minimum atomic E-state index is -1.03. The lowest BCUT2D eigenvalue weighted by molar-refractivity contribution is 0.302. The van der Waals surface area contributed by atoms with Crippen molar-refractivity contribution in [2.75, 3.05) is 6.61 Å². The van der Waals surface area contributed by atoms with Crippen LogP contribution in [0.25, 0.3) is 22.3 Å². The van der Waals surface area contributed by atoms with Gasteiger partial charge in [0.1, 0.15) is 12.4 Å². The topological polar surface area (TPSA) is 9.23 Å². The van der Waals surface area contributed by atoms with E-state index in [-0.39, 0.29) is 23.7 Å². The van der Waals surface area contributed by atoms with Crippen LogP contribution < -0.4 is 4.74 Å². The molecule has 1 aliphatic rings. The van der Waals surface area contributed by atoms with Crippen molar-refractivity contribution in [2.24, 2.45) is 5.92 Å². The summed E-state index contributed by atoms with van der Waals surface area (Å²) in [5.41, 5.74) is 2.94. The second-order valence-corrected chi connectivity index (χ2v) is 9.87. The van der Waals surface area contributed by atoms with Crippen molar-refractivity contribution in [1.29, 1.82) is 0 Å². The maximum absolute atomic E-state index is 15.1. The van der Waals surface area contributed by atoms with E-state index in [4.69, 9.17) is 4.74 Å². The summed E-state index contributed by atoms with van der Waals surface area (Å²) in [4.78, 5) is 0. The lowest BCUT2D eigenvalue weighted by Crippen LogP contribution is -2.13. The van der Waals surface area contributed by atoms with Crippen LogP contribution >= 0.6 is 0 Å². The summed E-state index contributed by atoms with van der Waals surface area (Å²) in [5.74, 6) is -1.15. The summed E-state index contributed by atoms with van der Waals surface area (Å²) in [7, 11) is 0. The predicted octanol–water partition coefficient (Wildman–Crippen LogP) is 9.86. The van der Waals surface area contributed by atoms with E-state index in [1.54, 1.807) is 30.3 Å². The van der Waals surface area contributed by atoms with Crippen LogP contribution in [-0.4, -0.2) is 6.61 Å². The van der Waals surface area contributed by atoms with Crippen LogP contribution in [0.4, 0.5) is 13.2 Å². The molecule has 0 saturated heterocycles. The third-order valence-electron chi connectivity index (χ3n) is 7.44. The van der Waals surface area contributed by atoms with E-state index >= 15 is 4.39 Å². The molecule has 190 valence electrons. The Morgan fingerprint density at radius 1 is 0.833 bits per heavy atom. The quantitative estimate of drug-likeness (QED) is 0.202. The molecule has 4 rings (SSSR count). The monoisotopic (exact) mass is 492 g/mol. The third-order valence-corrected chi connectivity index (χ3v) is 7.44. The highest BCUT2D eigenvalue weighted by Crippen LogP contribution is 2.39. The van der Waals surface area contributed by atoms with Gasteiger partial charge in [0.05, 0.1) is 0 Å². The fourth-order valence-electron chi connectivity index (χ4n) is 5.33. The SMILES string of the molecule is C=CCOc1ccc(-c2ccc(-c3ccc(C4CCC(CCCCC)CC4)cc3F)cc2)c(F)c1F. The molecule has 0 bridgehead atoms. The van der Waals surface area contributed by atoms with E-state index in [9.17, 15) is 8.78 Å². The van der Waals surface area contributed by atoms with Gasteiger partial charge in [-0.25, -0.2) is 8.78 Å². The number of ether oxygens (including phenoxy) is 1. The summed E-state index contributed by atoms with van der Waals surface area (Å²) >= 11 is 0. The zero-order chi connectivity index (χ0) is 25.5. The summed E-state index contributed by atoms with van der Waals surface area (Å²) in [6.07, 6.45) is 11.4. The Hall–Kier alpha value is -3.01. The predicted molar refractivity (Wildman–Crippen MR) is 142 cm³/mol. The molecule has 1 fully saturated rings. The third kappa shape index (κ3) is 6.03. The molecule has 0 atom stereocenters. The summed E-state index contributed by atoms with van der Waals surface area (Å²) < 4.78 is 49.3. The van der Waals surface area contributed by atoms with Crippen LogP contribution in [0.1, 0.15) is 69.8 Å². The molecule has 0 aliphatic heterocycles. The van der Waals surface area contributed by atoms with Crippen LogP contribution in [0.2, 0.25) is 0 Å². The molecule has 3 aromatic carbocycles. The molecule has 0 heterocycles. The number of hydrogen-bond acceptors (Lipinski definition) is 1. The maximum Gasteiger partial charge on any atom is 0.201 e. The van der Waals surface area contributed by atoms with Crippen molar-refractivity contribution >= 4 is 0 Å². The highest BCUT2D eigenvalue weighted by Gasteiger charge is 2.23. The molecule has 1 nitrogen and oxygen atoms in total. The van der Waals surface area contributed by atoms with Gasteiger partial charge in [-0.15, -0.1) is 0 Å². The summed E-state index contributed by atoms with van der Waals surface area (Å²) in [6, 6.07) is 15.3. The first-order valence-corrected chi connectivity index (χ1v) is 13.1. The largest absolute Gasteiger partial charge is 0.486 e. The molecular weight excluding hydrogens is 457 g/mol. The fourth-order valence-corrected chi connectivity index (χ4v) is 5.33. The van der Waals surface area contributed by atoms with Gasteiger partial charge in [0.25, 0.3) is 0 Å². The van der Waals surface area contributed by atoms with Gasteiger partial charge in [0.2, 0.25) is 5.82 Å². The van der Waals surface area contributed by atoms with Crippen molar-refractivity contribution < 1.29 is 17.9 Å². The first-order valence-electron chi connectivity index (χ1n) is 13.1. The Morgan fingerprint density at radius 3 is 2.14 bits per heavy atom. The minimum Gasteiger partial charge on any atom is -0.486 e. The van der Waals surface area contributed by atoms with E-state index in [0.717, 1.165) is 24.3 Å². The van der Waals surface area contributed by atoms with E-state index < -0.39 is 11.6 Å². The van der Waals surface area contributed by atoms with Gasteiger partial charge in [0, 0.05) is 11.1 Å². The van der Waals surface area contributed by atoms with Crippen LogP contribution in [-0.2, 0) is 0 Å². The number of rotatable bonds is 10. The Morgan fingerprint density at radius 2 is 1.50 bits per heavy atom. The van der Waals surface area contributed by atoms with Crippen molar-refractivity contribution in [3.8, 4) is 28.0 Å². The Kier molecular flexibility index (Phi) is 8.90. The second-order valence-electron chi connectivity index (χ2n) is 9.87. The van der Waals surface area contributed by atoms with Gasteiger partial charge in [-0.2, -0.15) is 4.39 Å². The zero-order valence-corrected chi connectivity index (χ0v) is 21.0. The fraction of sp³-hybridized carbons (Fsp3) is 0.375. The molecule has 0 spiro atoms. The normalized spacial score (nSPS) is 17.7. The highest BCUT2D eigenvalue weighted by molar-refractivity contribution is 5.71. The van der Waals surface area contributed by atoms with Crippen molar-refractivity contribution in [3.63, 3.8) is 0 Å². The molecule has 3 aromatic rings. The Bertz CT molecular complexity index is 1160. The molecule has 0 amide bonds. The molecule has 36 heavy (non-hydrogen) atoms.